The van der Waals surface area contributed by atoms with Gasteiger partial charge in [-0.2, -0.15) is 5.10 Å². The Morgan fingerprint density at radius 3 is 2.34 bits per heavy atom. The van der Waals surface area contributed by atoms with Crippen LogP contribution >= 0.6 is 0 Å². The number of carbonyl (C=O) groups excluding carboxylic acids is 1. The molecule has 160 valence electrons. The van der Waals surface area contributed by atoms with Crippen molar-refractivity contribution in [2.45, 2.75) is 10.9 Å². The Morgan fingerprint density at radius 1 is 0.969 bits per heavy atom. The number of nitrogens with two attached hydrogens (primary N) is 1. The molecule has 4 aromatic rings. The Bertz CT molecular complexity index is 1430. The average Bonchev–Trinajstić information content (AvgIpc) is 3.33. The third-order valence-corrected chi connectivity index (χ3v) is 6.35. The molecule has 9 heteroatoms. The zero-order chi connectivity index (χ0) is 22.5. The number of primary sulfonamides is 1. The molecule has 1 aromatic heterocycles. The molecule has 0 radical (unpaired) electrons. The van der Waals surface area contributed by atoms with Crippen molar-refractivity contribution in [1.82, 2.24) is 10.2 Å². The van der Waals surface area contributed by atoms with Gasteiger partial charge in [-0.3, -0.25) is 14.8 Å². The van der Waals surface area contributed by atoms with E-state index < -0.39 is 21.9 Å². The van der Waals surface area contributed by atoms with Gasteiger partial charge in [0.2, 0.25) is 10.0 Å². The van der Waals surface area contributed by atoms with E-state index in [0.29, 0.717) is 28.2 Å². The summed E-state index contributed by atoms with van der Waals surface area (Å²) in [4.78, 5) is 14.8. The average molecular weight is 448 g/mol. The molecule has 0 fully saturated rings. The maximum atomic E-state index is 14.1. The molecule has 0 bridgehead atoms. The second-order valence-electron chi connectivity index (χ2n) is 7.40. The van der Waals surface area contributed by atoms with Crippen LogP contribution < -0.4 is 10.0 Å². The summed E-state index contributed by atoms with van der Waals surface area (Å²) in [6, 6.07) is 20.4. The molecule has 1 amide bonds. The maximum Gasteiger partial charge on any atom is 0.277 e. The highest BCUT2D eigenvalue weighted by atomic mass is 32.2. The number of sulfonamides is 1. The number of nitrogens with zero attached hydrogens (tertiary/aromatic N) is 2. The van der Waals surface area contributed by atoms with Crippen molar-refractivity contribution < 1.29 is 17.6 Å². The van der Waals surface area contributed by atoms with E-state index in [9.17, 15) is 17.6 Å². The number of halogens is 1. The van der Waals surface area contributed by atoms with Crippen LogP contribution in [0.1, 0.15) is 27.7 Å². The van der Waals surface area contributed by atoms with E-state index in [-0.39, 0.29) is 10.8 Å². The Hall–Kier alpha value is -3.82. The second kappa shape index (κ2) is 7.40. The van der Waals surface area contributed by atoms with E-state index in [1.165, 1.54) is 41.3 Å². The van der Waals surface area contributed by atoms with Gasteiger partial charge in [-0.25, -0.2) is 17.9 Å². The van der Waals surface area contributed by atoms with E-state index in [4.69, 9.17) is 5.14 Å². The molecule has 1 aliphatic heterocycles. The fraction of sp³-hybridized carbons (Fsp3) is 0.0435. The molecule has 1 unspecified atom stereocenters. The standard InChI is InChI=1S/C23H17FN4O3S/c24-16-8-4-7-15(13-16)22-19-20(14-5-2-1-3-6-14)26-27-21(19)23(29)28(22)17-9-11-18(12-10-17)32(25,30)31/h1-13,22H,(H,26,27)(H2,25,30,31). The Labute approximate surface area is 183 Å². The van der Waals surface area contributed by atoms with Crippen LogP contribution in [0.5, 0.6) is 0 Å². The second-order valence-corrected chi connectivity index (χ2v) is 8.96. The van der Waals surface area contributed by atoms with E-state index >= 15 is 0 Å². The van der Waals surface area contributed by atoms with Crippen molar-refractivity contribution in [3.8, 4) is 11.3 Å². The molecular formula is C23H17FN4O3S. The molecule has 5 rings (SSSR count). The monoisotopic (exact) mass is 448 g/mol. The molecule has 0 saturated carbocycles. The lowest BCUT2D eigenvalue weighted by molar-refractivity contribution is 0.0988. The van der Waals surface area contributed by atoms with Gasteiger partial charge in [0.1, 0.15) is 11.5 Å². The Morgan fingerprint density at radius 2 is 1.69 bits per heavy atom. The summed E-state index contributed by atoms with van der Waals surface area (Å²) in [5, 5.41) is 12.4. The van der Waals surface area contributed by atoms with E-state index in [1.807, 2.05) is 30.3 Å². The normalized spacial score (nSPS) is 15.8. The summed E-state index contributed by atoms with van der Waals surface area (Å²) in [5.74, 6) is -0.787. The molecular weight excluding hydrogens is 431 g/mol. The summed E-state index contributed by atoms with van der Waals surface area (Å²) in [6.45, 7) is 0. The summed E-state index contributed by atoms with van der Waals surface area (Å²) in [6.07, 6.45) is 0. The number of aromatic nitrogens is 2. The number of benzene rings is 3. The summed E-state index contributed by atoms with van der Waals surface area (Å²) in [5.41, 5.74) is 3.33. The quantitative estimate of drug-likeness (QED) is 0.497. The van der Waals surface area contributed by atoms with Crippen LogP contribution in [0.15, 0.2) is 83.8 Å². The largest absolute Gasteiger partial charge is 0.295 e. The SMILES string of the molecule is NS(=O)(=O)c1ccc(N2C(=O)c3[nH]nc(-c4ccccc4)c3C2c2cccc(F)c2)cc1. The fourth-order valence-corrected chi connectivity index (χ4v) is 4.53. The predicted molar refractivity (Wildman–Crippen MR) is 117 cm³/mol. The molecule has 0 aliphatic carbocycles. The number of anilines is 1. The van der Waals surface area contributed by atoms with Gasteiger partial charge in [0.05, 0.1) is 16.6 Å². The van der Waals surface area contributed by atoms with E-state index in [2.05, 4.69) is 10.2 Å². The van der Waals surface area contributed by atoms with Crippen LogP contribution in [-0.2, 0) is 10.0 Å². The molecule has 1 aliphatic rings. The van der Waals surface area contributed by atoms with Gasteiger partial charge in [0.25, 0.3) is 5.91 Å². The predicted octanol–water partition coefficient (Wildman–Crippen LogP) is 3.61. The van der Waals surface area contributed by atoms with Gasteiger partial charge in [-0.15, -0.1) is 0 Å². The summed E-state index contributed by atoms with van der Waals surface area (Å²) < 4.78 is 37.4. The number of hydrogen-bond acceptors (Lipinski definition) is 4. The van der Waals surface area contributed by atoms with E-state index in [0.717, 1.165) is 5.56 Å². The number of rotatable bonds is 4. The number of nitrogens with one attached hydrogen (secondary N) is 1. The molecule has 7 nitrogen and oxygen atoms in total. The molecule has 0 spiro atoms. The lowest BCUT2D eigenvalue weighted by Gasteiger charge is -2.26. The molecule has 3 aromatic carbocycles. The summed E-state index contributed by atoms with van der Waals surface area (Å²) in [7, 11) is -3.88. The minimum absolute atomic E-state index is 0.0691. The highest BCUT2D eigenvalue weighted by Gasteiger charge is 2.43. The maximum absolute atomic E-state index is 14.1. The smallest absolute Gasteiger partial charge is 0.277 e. The van der Waals surface area contributed by atoms with Crippen LogP contribution in [0.25, 0.3) is 11.3 Å². The number of aromatic amines is 1. The first-order valence-corrected chi connectivity index (χ1v) is 11.2. The van der Waals surface area contributed by atoms with Crippen molar-refractivity contribution >= 4 is 21.6 Å². The minimum atomic E-state index is -3.88. The molecule has 3 N–H and O–H groups in total. The van der Waals surface area contributed by atoms with Gasteiger partial charge >= 0.3 is 0 Å². The van der Waals surface area contributed by atoms with Gasteiger partial charge in [0.15, 0.2) is 0 Å². The topological polar surface area (TPSA) is 109 Å². The molecule has 0 saturated heterocycles. The highest BCUT2D eigenvalue weighted by molar-refractivity contribution is 7.89. The zero-order valence-corrected chi connectivity index (χ0v) is 17.4. The lowest BCUT2D eigenvalue weighted by Crippen LogP contribution is -2.29. The van der Waals surface area contributed by atoms with Crippen LogP contribution in [0.4, 0.5) is 10.1 Å². The minimum Gasteiger partial charge on any atom is -0.295 e. The zero-order valence-electron chi connectivity index (χ0n) is 16.6. The highest BCUT2D eigenvalue weighted by Crippen LogP contribution is 2.45. The number of fused-ring (bicyclic) bond motifs is 1. The van der Waals surface area contributed by atoms with Gasteiger partial charge in [0, 0.05) is 16.8 Å². The van der Waals surface area contributed by atoms with E-state index in [1.54, 1.807) is 12.1 Å². The third kappa shape index (κ3) is 3.28. The fourth-order valence-electron chi connectivity index (χ4n) is 4.02. The molecule has 32 heavy (non-hydrogen) atoms. The first kappa shape index (κ1) is 20.1. The van der Waals surface area contributed by atoms with Crippen molar-refractivity contribution in [3.05, 3.63) is 102 Å². The lowest BCUT2D eigenvalue weighted by atomic mass is 9.96. The van der Waals surface area contributed by atoms with Crippen molar-refractivity contribution in [3.63, 3.8) is 0 Å². The Balaban J connectivity index is 1.70. The van der Waals surface area contributed by atoms with Gasteiger partial charge < -0.3 is 0 Å². The van der Waals surface area contributed by atoms with Gasteiger partial charge in [-0.05, 0) is 42.0 Å². The van der Waals surface area contributed by atoms with Crippen molar-refractivity contribution in [2.24, 2.45) is 5.14 Å². The number of amides is 1. The summed E-state index contributed by atoms with van der Waals surface area (Å²) >= 11 is 0. The van der Waals surface area contributed by atoms with Crippen molar-refractivity contribution in [2.75, 3.05) is 4.90 Å². The number of carbonyl (C=O) groups is 1. The first-order valence-electron chi connectivity index (χ1n) is 9.70. The van der Waals surface area contributed by atoms with Crippen LogP contribution in [0, 0.1) is 5.82 Å². The molecule has 2 heterocycles. The van der Waals surface area contributed by atoms with Crippen molar-refractivity contribution in [1.29, 1.82) is 0 Å². The van der Waals surface area contributed by atoms with Crippen LogP contribution in [-0.4, -0.2) is 24.5 Å². The first-order chi connectivity index (χ1) is 15.3. The third-order valence-electron chi connectivity index (χ3n) is 5.42. The number of H-pyrrole nitrogens is 1. The Kier molecular flexibility index (Phi) is 4.65. The van der Waals surface area contributed by atoms with Crippen LogP contribution in [0.2, 0.25) is 0 Å². The van der Waals surface area contributed by atoms with Gasteiger partial charge in [-0.1, -0.05) is 42.5 Å². The molecule has 1 atom stereocenters. The van der Waals surface area contributed by atoms with Crippen LogP contribution in [0.3, 0.4) is 0 Å². The number of hydrogen-bond donors (Lipinski definition) is 2.